The van der Waals surface area contributed by atoms with Crippen molar-refractivity contribution in [1.82, 2.24) is 0 Å². The first-order chi connectivity index (χ1) is 18.2. The number of unbranched alkanes of at least 4 members (excludes halogenated alkanes) is 1. The molecule has 0 saturated heterocycles. The molecular weight excluding hydrogens is 492 g/mol. The standard InChI is InChI=1S/C37H54OS/c1-11-29(24-28(2)25-30-19-17-22-32(26-30)39-10)18-15-16-23-36(6,7)37(8,9)34(38)33(27-35(3,4)5)31-20-13-12-14-21-31/h11-14,17,19-22,26,29,33H,1-2,15-16,18,23-25,27H2,3-10H3. The van der Waals surface area contributed by atoms with Gasteiger partial charge < -0.3 is 0 Å². The van der Waals surface area contributed by atoms with E-state index in [-0.39, 0.29) is 16.7 Å². The molecule has 0 N–H and O–H groups in total. The van der Waals surface area contributed by atoms with Gasteiger partial charge >= 0.3 is 0 Å². The normalized spacial score (nSPS) is 14.1. The van der Waals surface area contributed by atoms with Crippen LogP contribution in [0.3, 0.4) is 0 Å². The summed E-state index contributed by atoms with van der Waals surface area (Å²) in [5.41, 5.74) is 3.33. The van der Waals surface area contributed by atoms with E-state index in [1.165, 1.54) is 16.0 Å². The van der Waals surface area contributed by atoms with Crippen molar-refractivity contribution in [3.05, 3.63) is 90.5 Å². The lowest BCUT2D eigenvalue weighted by molar-refractivity contribution is -0.136. The number of benzene rings is 2. The Bertz CT molecular complexity index is 1070. The highest BCUT2D eigenvalue weighted by atomic mass is 32.2. The molecule has 0 heterocycles. The highest BCUT2D eigenvalue weighted by molar-refractivity contribution is 7.98. The summed E-state index contributed by atoms with van der Waals surface area (Å²) in [6.07, 6.45) is 11.4. The van der Waals surface area contributed by atoms with E-state index >= 15 is 0 Å². The highest BCUT2D eigenvalue weighted by Crippen LogP contribution is 2.48. The van der Waals surface area contributed by atoms with Crippen molar-refractivity contribution in [2.75, 3.05) is 6.26 Å². The van der Waals surface area contributed by atoms with Crippen molar-refractivity contribution >= 4 is 17.5 Å². The molecule has 39 heavy (non-hydrogen) atoms. The third kappa shape index (κ3) is 10.1. The minimum atomic E-state index is -0.420. The molecule has 2 aromatic rings. The number of Topliss-reactive ketones (excluding diaryl/α,β-unsaturated/α-hetero) is 1. The summed E-state index contributed by atoms with van der Waals surface area (Å²) in [6, 6.07) is 19.2. The van der Waals surface area contributed by atoms with Crippen LogP contribution in [0.15, 0.2) is 84.3 Å². The number of ketones is 1. The van der Waals surface area contributed by atoms with Crippen LogP contribution in [0.4, 0.5) is 0 Å². The van der Waals surface area contributed by atoms with E-state index in [1.54, 1.807) is 11.8 Å². The van der Waals surface area contributed by atoms with Gasteiger partial charge in [0.05, 0.1) is 0 Å². The van der Waals surface area contributed by atoms with Crippen LogP contribution in [-0.2, 0) is 11.2 Å². The number of allylic oxidation sites excluding steroid dienone is 2. The Morgan fingerprint density at radius 2 is 1.62 bits per heavy atom. The van der Waals surface area contributed by atoms with Gasteiger partial charge in [-0.3, -0.25) is 4.79 Å². The first-order valence-electron chi connectivity index (χ1n) is 14.7. The maximum atomic E-state index is 14.2. The molecular formula is C37H54OS. The van der Waals surface area contributed by atoms with Gasteiger partial charge in [-0.05, 0) is 78.4 Å². The molecule has 2 unspecified atom stereocenters. The van der Waals surface area contributed by atoms with E-state index in [0.29, 0.717) is 11.7 Å². The van der Waals surface area contributed by atoms with Crippen LogP contribution in [0.5, 0.6) is 0 Å². The minimum Gasteiger partial charge on any atom is -0.298 e. The average Bonchev–Trinajstić information content (AvgIpc) is 2.88. The van der Waals surface area contributed by atoms with Crippen LogP contribution in [0.25, 0.3) is 0 Å². The van der Waals surface area contributed by atoms with Crippen molar-refractivity contribution < 1.29 is 4.79 Å². The molecule has 0 aliphatic heterocycles. The number of rotatable bonds is 16. The average molecular weight is 547 g/mol. The quantitative estimate of drug-likeness (QED) is 0.118. The molecule has 0 aliphatic carbocycles. The second-order valence-electron chi connectivity index (χ2n) is 13.8. The molecule has 2 atom stereocenters. The van der Waals surface area contributed by atoms with E-state index in [1.807, 2.05) is 6.07 Å². The molecule has 0 spiro atoms. The summed E-state index contributed by atoms with van der Waals surface area (Å²) in [4.78, 5) is 15.5. The van der Waals surface area contributed by atoms with E-state index in [2.05, 4.69) is 122 Å². The second kappa shape index (κ2) is 14.5. The maximum Gasteiger partial charge on any atom is 0.146 e. The second-order valence-corrected chi connectivity index (χ2v) is 14.7. The number of hydrogen-bond donors (Lipinski definition) is 0. The molecule has 1 nitrogen and oxygen atoms in total. The molecule has 0 bridgehead atoms. The number of carbonyl (C=O) groups excluding carboxylic acids is 1. The van der Waals surface area contributed by atoms with Crippen LogP contribution in [0.1, 0.15) is 104 Å². The Morgan fingerprint density at radius 3 is 2.21 bits per heavy atom. The van der Waals surface area contributed by atoms with Gasteiger partial charge in [-0.1, -0.05) is 122 Å². The Hall–Kier alpha value is -2.06. The molecule has 2 heteroatoms. The summed E-state index contributed by atoms with van der Waals surface area (Å²) >= 11 is 1.78. The number of hydrogen-bond acceptors (Lipinski definition) is 2. The fourth-order valence-corrected chi connectivity index (χ4v) is 6.02. The van der Waals surface area contributed by atoms with E-state index in [0.717, 1.165) is 50.5 Å². The molecule has 0 fully saturated rings. The highest BCUT2D eigenvalue weighted by Gasteiger charge is 2.45. The summed E-state index contributed by atoms with van der Waals surface area (Å²) in [5, 5.41) is 0. The van der Waals surface area contributed by atoms with Crippen molar-refractivity contribution in [2.24, 2.45) is 22.2 Å². The number of carbonyl (C=O) groups is 1. The topological polar surface area (TPSA) is 17.1 Å². The zero-order valence-electron chi connectivity index (χ0n) is 26.1. The van der Waals surface area contributed by atoms with Gasteiger partial charge in [0.25, 0.3) is 0 Å². The van der Waals surface area contributed by atoms with Gasteiger partial charge in [0.15, 0.2) is 0 Å². The Balaban J connectivity index is 1.96. The van der Waals surface area contributed by atoms with Crippen molar-refractivity contribution in [3.63, 3.8) is 0 Å². The van der Waals surface area contributed by atoms with Crippen LogP contribution in [0, 0.1) is 22.2 Å². The third-order valence-corrected chi connectivity index (χ3v) is 9.47. The largest absolute Gasteiger partial charge is 0.298 e. The predicted molar refractivity (Wildman–Crippen MR) is 174 cm³/mol. The first kappa shape index (κ1) is 33.1. The van der Waals surface area contributed by atoms with Gasteiger partial charge in [0.1, 0.15) is 5.78 Å². The van der Waals surface area contributed by atoms with Gasteiger partial charge in [-0.2, -0.15) is 0 Å². The van der Waals surface area contributed by atoms with Gasteiger partial charge in [-0.25, -0.2) is 0 Å². The summed E-state index contributed by atoms with van der Waals surface area (Å²) in [7, 11) is 0. The monoisotopic (exact) mass is 546 g/mol. The van der Waals surface area contributed by atoms with Crippen LogP contribution in [0.2, 0.25) is 0 Å². The molecule has 0 amide bonds. The van der Waals surface area contributed by atoms with Gasteiger partial charge in [-0.15, -0.1) is 18.3 Å². The Kier molecular flexibility index (Phi) is 12.4. The maximum absolute atomic E-state index is 14.2. The van der Waals surface area contributed by atoms with Gasteiger partial charge in [0.2, 0.25) is 0 Å². The Morgan fingerprint density at radius 1 is 0.949 bits per heavy atom. The Labute approximate surface area is 245 Å². The summed E-state index contributed by atoms with van der Waals surface area (Å²) < 4.78 is 0. The first-order valence-corrected chi connectivity index (χ1v) is 15.9. The van der Waals surface area contributed by atoms with Crippen LogP contribution >= 0.6 is 11.8 Å². The predicted octanol–water partition coefficient (Wildman–Crippen LogP) is 11.1. The number of thioether (sulfide) groups is 1. The van der Waals surface area contributed by atoms with E-state index in [9.17, 15) is 4.79 Å². The lowest BCUT2D eigenvalue weighted by Crippen LogP contribution is -2.43. The lowest BCUT2D eigenvalue weighted by Gasteiger charge is -2.43. The fraction of sp³-hybridized carbons (Fsp3) is 0.541. The molecule has 0 radical (unpaired) electrons. The summed E-state index contributed by atoms with van der Waals surface area (Å²) in [5.74, 6) is 0.751. The van der Waals surface area contributed by atoms with Gasteiger partial charge in [0, 0.05) is 16.2 Å². The third-order valence-electron chi connectivity index (χ3n) is 8.74. The molecule has 0 saturated carbocycles. The van der Waals surface area contributed by atoms with Crippen molar-refractivity contribution in [3.8, 4) is 0 Å². The van der Waals surface area contributed by atoms with E-state index in [4.69, 9.17) is 0 Å². The fourth-order valence-electron chi connectivity index (χ4n) is 5.53. The smallest absolute Gasteiger partial charge is 0.146 e. The lowest BCUT2D eigenvalue weighted by atomic mass is 9.59. The zero-order valence-corrected chi connectivity index (χ0v) is 26.9. The van der Waals surface area contributed by atoms with E-state index < -0.39 is 5.41 Å². The summed E-state index contributed by atoms with van der Waals surface area (Å²) in [6.45, 7) is 24.2. The molecule has 2 aromatic carbocycles. The zero-order chi connectivity index (χ0) is 29.3. The van der Waals surface area contributed by atoms with Crippen LogP contribution in [-0.4, -0.2) is 12.0 Å². The SMILES string of the molecule is C=CC(CCCCC(C)(C)C(C)(C)C(=O)C(CC(C)(C)C)c1ccccc1)CC(=C)Cc1cccc(SC)c1. The van der Waals surface area contributed by atoms with Crippen molar-refractivity contribution in [2.45, 2.75) is 104 Å². The minimum absolute atomic E-state index is 0.0757. The van der Waals surface area contributed by atoms with Crippen molar-refractivity contribution in [1.29, 1.82) is 0 Å². The van der Waals surface area contributed by atoms with Crippen LogP contribution < -0.4 is 0 Å². The molecule has 214 valence electrons. The molecule has 2 rings (SSSR count). The molecule has 0 aliphatic rings. The molecule has 0 aromatic heterocycles.